The third-order valence-corrected chi connectivity index (χ3v) is 8.32. The molecule has 4 aromatic rings. The summed E-state index contributed by atoms with van der Waals surface area (Å²) in [5.41, 5.74) is 2.22. The lowest BCUT2D eigenvalue weighted by atomic mass is 10.1. The molecule has 1 N–H and O–H groups in total. The van der Waals surface area contributed by atoms with Crippen molar-refractivity contribution in [2.24, 2.45) is 0 Å². The van der Waals surface area contributed by atoms with E-state index in [0.29, 0.717) is 18.8 Å². The summed E-state index contributed by atoms with van der Waals surface area (Å²) < 4.78 is 13.2. The van der Waals surface area contributed by atoms with Crippen molar-refractivity contribution in [1.82, 2.24) is 15.3 Å². The van der Waals surface area contributed by atoms with Gasteiger partial charge in [0.05, 0.1) is 17.7 Å². The van der Waals surface area contributed by atoms with Crippen LogP contribution in [-0.2, 0) is 29.9 Å². The highest BCUT2D eigenvalue weighted by Gasteiger charge is 2.25. The lowest BCUT2D eigenvalue weighted by molar-refractivity contribution is -0.119. The fourth-order valence-corrected chi connectivity index (χ4v) is 6.40. The summed E-state index contributed by atoms with van der Waals surface area (Å²) in [7, 11) is 0. The molecule has 0 aliphatic heterocycles. The number of carbonyl (C=O) groups excluding carboxylic acids is 1. The number of fused-ring (bicyclic) bond motifs is 3. The standard InChI is InChI=1S/C27H27FN4OS2/c1-2-32(16-24(33)29-15-18-11-13-19(28)14-12-18)26-25-21-9-6-10-22(21)35-27(25)31-23(30-26)17-34-20-7-4-3-5-8-20/h3-5,7-8,11-14H,2,6,9-10,15-17H2,1H3,(H,29,33). The molecule has 5 nitrogen and oxygen atoms in total. The summed E-state index contributed by atoms with van der Waals surface area (Å²) in [6.45, 7) is 3.28. The van der Waals surface area contributed by atoms with Crippen LogP contribution < -0.4 is 10.2 Å². The van der Waals surface area contributed by atoms with Crippen molar-refractivity contribution in [2.75, 3.05) is 18.0 Å². The monoisotopic (exact) mass is 506 g/mol. The minimum atomic E-state index is -0.283. The van der Waals surface area contributed by atoms with Crippen LogP contribution in [0.3, 0.4) is 0 Å². The first-order chi connectivity index (χ1) is 17.1. The molecule has 2 heterocycles. The van der Waals surface area contributed by atoms with Crippen molar-refractivity contribution >= 4 is 45.0 Å². The maximum Gasteiger partial charge on any atom is 0.239 e. The summed E-state index contributed by atoms with van der Waals surface area (Å²) in [5, 5.41) is 4.08. The Kier molecular flexibility index (Phi) is 7.29. The van der Waals surface area contributed by atoms with Gasteiger partial charge in [0.1, 0.15) is 22.3 Å². The third kappa shape index (κ3) is 5.49. The first kappa shape index (κ1) is 23.8. The number of benzene rings is 2. The molecule has 0 fully saturated rings. The molecule has 2 aromatic heterocycles. The summed E-state index contributed by atoms with van der Waals surface area (Å²) >= 11 is 3.49. The quantitative estimate of drug-likeness (QED) is 0.293. The van der Waals surface area contributed by atoms with E-state index in [9.17, 15) is 9.18 Å². The zero-order valence-electron chi connectivity index (χ0n) is 19.6. The first-order valence-corrected chi connectivity index (χ1v) is 13.7. The Morgan fingerprint density at radius 2 is 1.91 bits per heavy atom. The van der Waals surface area contributed by atoms with Crippen LogP contribution in [-0.4, -0.2) is 29.0 Å². The number of aromatic nitrogens is 2. The van der Waals surface area contributed by atoms with E-state index in [1.54, 1.807) is 35.2 Å². The van der Waals surface area contributed by atoms with E-state index in [1.807, 2.05) is 30.0 Å². The number of halogens is 1. The number of amides is 1. The van der Waals surface area contributed by atoms with E-state index in [2.05, 4.69) is 17.4 Å². The summed E-state index contributed by atoms with van der Waals surface area (Å²) in [6, 6.07) is 16.4. The molecule has 180 valence electrons. The smallest absolute Gasteiger partial charge is 0.239 e. The highest BCUT2D eigenvalue weighted by molar-refractivity contribution is 7.98. The van der Waals surface area contributed by atoms with Crippen LogP contribution >= 0.6 is 23.1 Å². The van der Waals surface area contributed by atoms with Gasteiger partial charge in [0.2, 0.25) is 5.91 Å². The van der Waals surface area contributed by atoms with E-state index in [4.69, 9.17) is 9.97 Å². The summed E-state index contributed by atoms with van der Waals surface area (Å²) in [5.74, 6) is 1.94. The second-order valence-corrected chi connectivity index (χ2v) is 10.7. The van der Waals surface area contributed by atoms with Gasteiger partial charge in [-0.15, -0.1) is 23.1 Å². The SMILES string of the molecule is CCN(CC(=O)NCc1ccc(F)cc1)c1nc(CSc2ccccc2)nc2sc3c(c12)CCC3. The minimum absolute atomic E-state index is 0.0879. The molecule has 0 bridgehead atoms. The number of rotatable bonds is 9. The second-order valence-electron chi connectivity index (χ2n) is 8.52. The van der Waals surface area contributed by atoms with Gasteiger partial charge in [0.25, 0.3) is 0 Å². The Morgan fingerprint density at radius 1 is 1.11 bits per heavy atom. The number of carbonyl (C=O) groups is 1. The number of thiophene rings is 1. The molecule has 0 radical (unpaired) electrons. The lowest BCUT2D eigenvalue weighted by Crippen LogP contribution is -2.37. The Morgan fingerprint density at radius 3 is 2.69 bits per heavy atom. The molecular formula is C27H27FN4OS2. The molecule has 8 heteroatoms. The van der Waals surface area contributed by atoms with Crippen LogP contribution in [0.4, 0.5) is 10.2 Å². The zero-order valence-corrected chi connectivity index (χ0v) is 21.2. The fraction of sp³-hybridized carbons (Fsp3) is 0.296. The predicted molar refractivity (Wildman–Crippen MR) is 142 cm³/mol. The first-order valence-electron chi connectivity index (χ1n) is 11.9. The minimum Gasteiger partial charge on any atom is -0.350 e. The van der Waals surface area contributed by atoms with Gasteiger partial charge in [-0.05, 0) is 61.6 Å². The van der Waals surface area contributed by atoms with Crippen LogP contribution in [0.15, 0.2) is 59.5 Å². The van der Waals surface area contributed by atoms with Gasteiger partial charge in [-0.1, -0.05) is 30.3 Å². The lowest BCUT2D eigenvalue weighted by Gasteiger charge is -2.23. The van der Waals surface area contributed by atoms with Gasteiger partial charge in [-0.3, -0.25) is 4.79 Å². The third-order valence-electron chi connectivity index (χ3n) is 6.12. The van der Waals surface area contributed by atoms with Crippen molar-refractivity contribution < 1.29 is 9.18 Å². The number of thioether (sulfide) groups is 1. The Bertz CT molecular complexity index is 1320. The molecule has 35 heavy (non-hydrogen) atoms. The van der Waals surface area contributed by atoms with E-state index in [0.717, 1.165) is 46.7 Å². The normalized spacial score (nSPS) is 12.6. The van der Waals surface area contributed by atoms with Gasteiger partial charge in [0.15, 0.2) is 0 Å². The number of hydrogen-bond acceptors (Lipinski definition) is 6. The average molecular weight is 507 g/mol. The van der Waals surface area contributed by atoms with Crippen LogP contribution in [0.2, 0.25) is 0 Å². The Labute approximate surface area is 212 Å². The fourth-order valence-electron chi connectivity index (χ4n) is 4.35. The van der Waals surface area contributed by atoms with Crippen LogP contribution in [0, 0.1) is 5.82 Å². The molecule has 1 amide bonds. The molecule has 2 aromatic carbocycles. The number of hydrogen-bond donors (Lipinski definition) is 1. The van der Waals surface area contributed by atoms with Crippen molar-refractivity contribution in [2.45, 2.75) is 43.4 Å². The summed E-state index contributed by atoms with van der Waals surface area (Å²) in [4.78, 5) is 28.4. The Balaban J connectivity index is 1.38. The van der Waals surface area contributed by atoms with Crippen molar-refractivity contribution in [3.63, 3.8) is 0 Å². The number of nitrogens with one attached hydrogen (secondary N) is 1. The molecule has 5 rings (SSSR count). The summed E-state index contributed by atoms with van der Waals surface area (Å²) in [6.07, 6.45) is 3.29. The maximum atomic E-state index is 13.2. The molecule has 0 unspecified atom stereocenters. The number of nitrogens with zero attached hydrogens (tertiary/aromatic N) is 3. The number of likely N-dealkylation sites (N-methyl/N-ethyl adjacent to an activating group) is 1. The maximum absolute atomic E-state index is 13.2. The number of aryl methyl sites for hydroxylation is 2. The van der Waals surface area contributed by atoms with Gasteiger partial charge >= 0.3 is 0 Å². The van der Waals surface area contributed by atoms with Gasteiger partial charge in [-0.25, -0.2) is 14.4 Å². The van der Waals surface area contributed by atoms with Gasteiger partial charge < -0.3 is 10.2 Å². The van der Waals surface area contributed by atoms with Gasteiger partial charge in [-0.2, -0.15) is 0 Å². The molecule has 1 aliphatic rings. The average Bonchev–Trinajstić information content (AvgIpc) is 3.47. The predicted octanol–water partition coefficient (Wildman–Crippen LogP) is 5.75. The van der Waals surface area contributed by atoms with Crippen LogP contribution in [0.25, 0.3) is 10.2 Å². The van der Waals surface area contributed by atoms with Gasteiger partial charge in [0, 0.05) is 22.9 Å². The largest absolute Gasteiger partial charge is 0.350 e. The molecule has 0 saturated heterocycles. The Hall–Kier alpha value is -2.97. The topological polar surface area (TPSA) is 58.1 Å². The second kappa shape index (κ2) is 10.7. The van der Waals surface area contributed by atoms with E-state index in [1.165, 1.54) is 27.5 Å². The van der Waals surface area contributed by atoms with E-state index < -0.39 is 0 Å². The van der Waals surface area contributed by atoms with Crippen molar-refractivity contribution in [3.8, 4) is 0 Å². The molecule has 0 spiro atoms. The molecule has 0 saturated carbocycles. The number of anilines is 1. The van der Waals surface area contributed by atoms with E-state index >= 15 is 0 Å². The van der Waals surface area contributed by atoms with Crippen molar-refractivity contribution in [3.05, 3.63) is 82.2 Å². The van der Waals surface area contributed by atoms with E-state index in [-0.39, 0.29) is 18.3 Å². The highest BCUT2D eigenvalue weighted by atomic mass is 32.2. The molecule has 1 aliphatic carbocycles. The van der Waals surface area contributed by atoms with Crippen molar-refractivity contribution in [1.29, 1.82) is 0 Å². The molecular weight excluding hydrogens is 479 g/mol. The zero-order chi connectivity index (χ0) is 24.2. The van der Waals surface area contributed by atoms with Crippen LogP contribution in [0.5, 0.6) is 0 Å². The van der Waals surface area contributed by atoms with Crippen LogP contribution in [0.1, 0.15) is 35.2 Å². The molecule has 0 atom stereocenters. The highest BCUT2D eigenvalue weighted by Crippen LogP contribution is 2.41.